The first-order valence-electron chi connectivity index (χ1n) is 12.1. The summed E-state index contributed by atoms with van der Waals surface area (Å²) in [4.78, 5) is 75.6. The lowest BCUT2D eigenvalue weighted by Crippen LogP contribution is -2.58. The van der Waals surface area contributed by atoms with Crippen molar-refractivity contribution in [3.63, 3.8) is 0 Å². The summed E-state index contributed by atoms with van der Waals surface area (Å²) < 4.78 is 0. The van der Waals surface area contributed by atoms with Crippen LogP contribution in [0.4, 0.5) is 0 Å². The third-order valence-corrected chi connectivity index (χ3v) is 6.03. The monoisotopic (exact) mass is 533 g/mol. The molecule has 15 nitrogen and oxygen atoms in total. The van der Waals surface area contributed by atoms with Gasteiger partial charge >= 0.3 is 5.97 Å². The molecule has 15 heteroatoms. The summed E-state index contributed by atoms with van der Waals surface area (Å²) >= 11 is 0. The zero-order chi connectivity index (χ0) is 28.2. The molecule has 10 N–H and O–H groups in total. The van der Waals surface area contributed by atoms with Gasteiger partial charge in [0.1, 0.15) is 18.1 Å². The molecule has 0 aliphatic rings. The number of aliphatic carboxylic acids is 1. The van der Waals surface area contributed by atoms with Crippen LogP contribution in [0.25, 0.3) is 0 Å². The van der Waals surface area contributed by atoms with Gasteiger partial charge in [0.2, 0.25) is 23.6 Å². The fourth-order valence-corrected chi connectivity index (χ4v) is 3.59. The Bertz CT molecular complexity index is 1070. The SMILES string of the molecule is CCC(C)C(NC(=O)C(CCC(N)=O)NC(=O)C(Cc1cnc[nH]1)NC(=O)C(N)Cc1cnc[nH]1)C(=O)O. The topological polar surface area (TPSA) is 251 Å². The molecule has 0 saturated heterocycles. The van der Waals surface area contributed by atoms with Crippen molar-refractivity contribution in [3.05, 3.63) is 36.4 Å². The highest BCUT2D eigenvalue weighted by Crippen LogP contribution is 2.10. The third kappa shape index (κ3) is 9.31. The Balaban J connectivity index is 2.19. The first-order valence-corrected chi connectivity index (χ1v) is 12.1. The van der Waals surface area contributed by atoms with Crippen LogP contribution in [0.5, 0.6) is 0 Å². The van der Waals surface area contributed by atoms with E-state index in [-0.39, 0.29) is 25.7 Å². The Morgan fingerprint density at radius 2 is 1.47 bits per heavy atom. The fourth-order valence-electron chi connectivity index (χ4n) is 3.59. The highest BCUT2D eigenvalue weighted by atomic mass is 16.4. The van der Waals surface area contributed by atoms with Crippen molar-refractivity contribution in [1.29, 1.82) is 0 Å². The molecule has 2 rings (SSSR count). The van der Waals surface area contributed by atoms with Gasteiger partial charge in [0.25, 0.3) is 0 Å². The first-order chi connectivity index (χ1) is 18.0. The van der Waals surface area contributed by atoms with Gasteiger partial charge in [0.05, 0.1) is 18.7 Å². The molecular formula is C23H35N9O6. The average Bonchev–Trinajstić information content (AvgIpc) is 3.58. The van der Waals surface area contributed by atoms with Crippen LogP contribution in [-0.4, -0.2) is 78.8 Å². The van der Waals surface area contributed by atoms with Crippen molar-refractivity contribution < 1.29 is 29.1 Å². The van der Waals surface area contributed by atoms with Gasteiger partial charge in [-0.05, 0) is 12.3 Å². The normalized spacial score (nSPS) is 14.9. The lowest BCUT2D eigenvalue weighted by atomic mass is 9.98. The number of rotatable bonds is 16. The molecule has 0 radical (unpaired) electrons. The summed E-state index contributed by atoms with van der Waals surface area (Å²) in [5, 5.41) is 17.1. The van der Waals surface area contributed by atoms with E-state index in [1.54, 1.807) is 13.8 Å². The minimum Gasteiger partial charge on any atom is -0.480 e. The first kappa shape index (κ1) is 30.0. The summed E-state index contributed by atoms with van der Waals surface area (Å²) in [7, 11) is 0. The molecule has 2 aromatic rings. The Kier molecular flexibility index (Phi) is 11.4. The molecule has 38 heavy (non-hydrogen) atoms. The van der Waals surface area contributed by atoms with E-state index in [0.29, 0.717) is 17.8 Å². The summed E-state index contributed by atoms with van der Waals surface area (Å²) in [5.74, 6) is -4.51. The second-order valence-corrected chi connectivity index (χ2v) is 9.01. The van der Waals surface area contributed by atoms with Gasteiger partial charge in [-0.25, -0.2) is 14.8 Å². The lowest BCUT2D eigenvalue weighted by Gasteiger charge is -2.26. The van der Waals surface area contributed by atoms with Gasteiger partial charge in [-0.2, -0.15) is 0 Å². The number of carbonyl (C=O) groups excluding carboxylic acids is 4. The second kappa shape index (κ2) is 14.5. The summed E-state index contributed by atoms with van der Waals surface area (Å²) in [6, 6.07) is -4.68. The van der Waals surface area contributed by atoms with Gasteiger partial charge in [-0.3, -0.25) is 19.2 Å². The van der Waals surface area contributed by atoms with E-state index in [2.05, 4.69) is 35.9 Å². The van der Waals surface area contributed by atoms with Crippen LogP contribution in [0.15, 0.2) is 25.0 Å². The van der Waals surface area contributed by atoms with E-state index >= 15 is 0 Å². The van der Waals surface area contributed by atoms with E-state index in [0.717, 1.165) is 0 Å². The Morgan fingerprint density at radius 1 is 0.921 bits per heavy atom. The van der Waals surface area contributed by atoms with Gasteiger partial charge in [-0.1, -0.05) is 20.3 Å². The smallest absolute Gasteiger partial charge is 0.326 e. The van der Waals surface area contributed by atoms with Gasteiger partial charge in [0.15, 0.2) is 0 Å². The number of carboxylic acid groups (broad SMARTS) is 1. The Hall–Kier alpha value is -4.27. The molecular weight excluding hydrogens is 498 g/mol. The molecule has 2 aromatic heterocycles. The Morgan fingerprint density at radius 3 is 1.97 bits per heavy atom. The molecule has 0 spiro atoms. The summed E-state index contributed by atoms with van der Waals surface area (Å²) in [6.07, 6.45) is 6.03. The number of nitrogens with two attached hydrogens (primary N) is 2. The molecule has 0 aliphatic heterocycles. The number of hydrogen-bond acceptors (Lipinski definition) is 8. The van der Waals surface area contributed by atoms with Crippen molar-refractivity contribution >= 4 is 29.6 Å². The second-order valence-electron chi connectivity index (χ2n) is 9.01. The van der Waals surface area contributed by atoms with E-state index in [4.69, 9.17) is 11.5 Å². The molecule has 0 bridgehead atoms. The maximum Gasteiger partial charge on any atom is 0.326 e. The van der Waals surface area contributed by atoms with Crippen LogP contribution in [0.2, 0.25) is 0 Å². The van der Waals surface area contributed by atoms with Crippen molar-refractivity contribution in [2.75, 3.05) is 0 Å². The maximum absolute atomic E-state index is 13.3. The number of imidazole rings is 2. The van der Waals surface area contributed by atoms with Crippen LogP contribution >= 0.6 is 0 Å². The number of aromatic amines is 2. The van der Waals surface area contributed by atoms with Crippen LogP contribution in [0.1, 0.15) is 44.5 Å². The van der Waals surface area contributed by atoms with Gasteiger partial charge in [0, 0.05) is 43.0 Å². The number of amides is 4. The highest BCUT2D eigenvalue weighted by Gasteiger charge is 2.32. The molecule has 4 amide bonds. The van der Waals surface area contributed by atoms with Crippen molar-refractivity contribution in [3.8, 4) is 0 Å². The molecule has 208 valence electrons. The molecule has 0 saturated carbocycles. The molecule has 0 fully saturated rings. The van der Waals surface area contributed by atoms with E-state index in [9.17, 15) is 29.1 Å². The zero-order valence-corrected chi connectivity index (χ0v) is 21.3. The Labute approximate surface area is 218 Å². The molecule has 2 heterocycles. The maximum atomic E-state index is 13.3. The number of aromatic nitrogens is 4. The number of nitrogens with zero attached hydrogens (tertiary/aromatic N) is 2. The largest absolute Gasteiger partial charge is 0.480 e. The number of carbonyl (C=O) groups is 5. The minimum absolute atomic E-state index is 0.0108. The van der Waals surface area contributed by atoms with Crippen LogP contribution in [-0.2, 0) is 36.8 Å². The molecule has 5 atom stereocenters. The standard InChI is InChI=1S/C23H35N9O6/c1-3-12(2)19(23(37)38)32-21(35)16(4-5-18(25)33)30-22(36)17(7-14-9-27-11-29-14)31-20(34)15(24)6-13-8-26-10-28-13/h8-12,15-17,19H,3-7,24H2,1-2H3,(H2,25,33)(H,26,28)(H,27,29)(H,30,36)(H,31,34)(H,32,35)(H,37,38). The van der Waals surface area contributed by atoms with Crippen molar-refractivity contribution in [2.45, 2.75) is 70.1 Å². The predicted molar refractivity (Wildman–Crippen MR) is 134 cm³/mol. The zero-order valence-electron chi connectivity index (χ0n) is 21.3. The molecule has 0 aromatic carbocycles. The van der Waals surface area contributed by atoms with Crippen LogP contribution in [0.3, 0.4) is 0 Å². The molecule has 5 unspecified atom stereocenters. The van der Waals surface area contributed by atoms with E-state index < -0.39 is 59.7 Å². The van der Waals surface area contributed by atoms with Gasteiger partial charge in [-0.15, -0.1) is 0 Å². The van der Waals surface area contributed by atoms with Gasteiger partial charge < -0.3 is 42.5 Å². The molecule has 0 aliphatic carbocycles. The minimum atomic E-state index is -1.29. The average molecular weight is 534 g/mol. The number of carboxylic acids is 1. The van der Waals surface area contributed by atoms with Crippen LogP contribution in [0, 0.1) is 5.92 Å². The number of primary amides is 1. The summed E-state index contributed by atoms with van der Waals surface area (Å²) in [6.45, 7) is 3.44. The fraction of sp³-hybridized carbons (Fsp3) is 0.522. The van der Waals surface area contributed by atoms with E-state index in [1.165, 1.54) is 25.0 Å². The van der Waals surface area contributed by atoms with Crippen molar-refractivity contribution in [2.24, 2.45) is 17.4 Å². The van der Waals surface area contributed by atoms with E-state index in [1.807, 2.05) is 0 Å². The number of hydrogen-bond donors (Lipinski definition) is 8. The summed E-state index contributed by atoms with van der Waals surface area (Å²) in [5.41, 5.74) is 12.4. The predicted octanol–water partition coefficient (Wildman–Crippen LogP) is -1.90. The van der Waals surface area contributed by atoms with Crippen molar-refractivity contribution in [1.82, 2.24) is 35.9 Å². The lowest BCUT2D eigenvalue weighted by molar-refractivity contribution is -0.144. The number of H-pyrrole nitrogens is 2. The highest BCUT2D eigenvalue weighted by molar-refractivity contribution is 5.94. The number of nitrogens with one attached hydrogen (secondary N) is 5. The quantitative estimate of drug-likeness (QED) is 0.120. The third-order valence-electron chi connectivity index (χ3n) is 6.03. The van der Waals surface area contributed by atoms with Crippen LogP contribution < -0.4 is 27.4 Å².